The summed E-state index contributed by atoms with van der Waals surface area (Å²) >= 11 is 3.17. The van der Waals surface area contributed by atoms with Crippen molar-refractivity contribution < 1.29 is 13.9 Å². The standard InChI is InChI=1S/C17H12BrFN2O3/c1-10-3-2-4-15-20-12(8-16(22)21(10)15)9-24-17(23)13-7-11(18)5-6-14(13)19/h2-8H,9H2,1H3. The van der Waals surface area contributed by atoms with Crippen molar-refractivity contribution in [2.24, 2.45) is 0 Å². The average molecular weight is 391 g/mol. The number of ether oxygens (including phenoxy) is 1. The largest absolute Gasteiger partial charge is 0.455 e. The Morgan fingerprint density at radius 1 is 1.29 bits per heavy atom. The van der Waals surface area contributed by atoms with Crippen molar-refractivity contribution in [3.63, 3.8) is 0 Å². The lowest BCUT2D eigenvalue weighted by Crippen LogP contribution is -2.18. The third-order valence-electron chi connectivity index (χ3n) is 3.43. The molecular formula is C17H12BrFN2O3. The molecule has 5 nitrogen and oxygen atoms in total. The minimum atomic E-state index is -0.819. The summed E-state index contributed by atoms with van der Waals surface area (Å²) in [5.41, 5.74) is 1.07. The number of aromatic nitrogens is 2. The molecule has 3 rings (SSSR count). The van der Waals surface area contributed by atoms with Crippen molar-refractivity contribution in [3.8, 4) is 0 Å². The summed E-state index contributed by atoms with van der Waals surface area (Å²) in [6.45, 7) is 1.58. The minimum Gasteiger partial charge on any atom is -0.455 e. The van der Waals surface area contributed by atoms with Crippen LogP contribution >= 0.6 is 15.9 Å². The first-order valence-electron chi connectivity index (χ1n) is 7.06. The number of hydrogen-bond acceptors (Lipinski definition) is 4. The zero-order valence-corrected chi connectivity index (χ0v) is 14.2. The highest BCUT2D eigenvalue weighted by Gasteiger charge is 2.14. The van der Waals surface area contributed by atoms with E-state index in [0.717, 1.165) is 5.69 Å². The van der Waals surface area contributed by atoms with Crippen LogP contribution in [0.15, 0.2) is 51.7 Å². The highest BCUT2D eigenvalue weighted by Crippen LogP contribution is 2.17. The van der Waals surface area contributed by atoms with Gasteiger partial charge in [0.25, 0.3) is 5.56 Å². The van der Waals surface area contributed by atoms with E-state index in [1.54, 1.807) is 25.1 Å². The van der Waals surface area contributed by atoms with Crippen LogP contribution in [0.25, 0.3) is 5.65 Å². The summed E-state index contributed by atoms with van der Waals surface area (Å²) in [7, 11) is 0. The first-order chi connectivity index (χ1) is 11.5. The Morgan fingerprint density at radius 3 is 2.88 bits per heavy atom. The van der Waals surface area contributed by atoms with Gasteiger partial charge in [-0.15, -0.1) is 0 Å². The van der Waals surface area contributed by atoms with Gasteiger partial charge >= 0.3 is 5.97 Å². The van der Waals surface area contributed by atoms with Crippen LogP contribution in [0.4, 0.5) is 4.39 Å². The van der Waals surface area contributed by atoms with Gasteiger partial charge < -0.3 is 4.74 Å². The molecule has 0 saturated heterocycles. The summed E-state index contributed by atoms with van der Waals surface area (Å²) in [6.07, 6.45) is 0. The molecule has 24 heavy (non-hydrogen) atoms. The number of aryl methyl sites for hydroxylation is 1. The van der Waals surface area contributed by atoms with Gasteiger partial charge in [0.1, 0.15) is 18.1 Å². The van der Waals surface area contributed by atoms with Crippen molar-refractivity contribution in [2.45, 2.75) is 13.5 Å². The number of esters is 1. The van der Waals surface area contributed by atoms with Crippen LogP contribution in [0.2, 0.25) is 0 Å². The maximum atomic E-state index is 13.7. The summed E-state index contributed by atoms with van der Waals surface area (Å²) < 4.78 is 20.8. The molecule has 0 bridgehead atoms. The van der Waals surface area contributed by atoms with Gasteiger partial charge in [-0.1, -0.05) is 22.0 Å². The van der Waals surface area contributed by atoms with Gasteiger partial charge in [0.15, 0.2) is 0 Å². The van der Waals surface area contributed by atoms with E-state index in [1.807, 2.05) is 0 Å². The van der Waals surface area contributed by atoms with E-state index >= 15 is 0 Å². The lowest BCUT2D eigenvalue weighted by atomic mass is 10.2. The Labute approximate surface area is 144 Å². The molecule has 7 heteroatoms. The molecular weight excluding hydrogens is 379 g/mol. The molecule has 3 aromatic rings. The van der Waals surface area contributed by atoms with E-state index < -0.39 is 11.8 Å². The van der Waals surface area contributed by atoms with Crippen LogP contribution in [0, 0.1) is 12.7 Å². The predicted octanol–water partition coefficient (Wildman–Crippen LogP) is 3.26. The van der Waals surface area contributed by atoms with Crippen molar-refractivity contribution >= 4 is 27.5 Å². The molecule has 0 aliphatic carbocycles. The van der Waals surface area contributed by atoms with E-state index in [4.69, 9.17) is 4.74 Å². The Kier molecular flexibility index (Phi) is 4.44. The van der Waals surface area contributed by atoms with Crippen LogP contribution < -0.4 is 5.56 Å². The van der Waals surface area contributed by atoms with Crippen LogP contribution in [0.3, 0.4) is 0 Å². The molecule has 0 N–H and O–H groups in total. The molecule has 0 aliphatic rings. The number of rotatable bonds is 3. The minimum absolute atomic E-state index is 0.183. The molecule has 0 spiro atoms. The van der Waals surface area contributed by atoms with E-state index in [9.17, 15) is 14.0 Å². The van der Waals surface area contributed by atoms with Gasteiger partial charge in [0.05, 0.1) is 11.3 Å². The lowest BCUT2D eigenvalue weighted by molar-refractivity contribution is 0.0462. The van der Waals surface area contributed by atoms with E-state index in [0.29, 0.717) is 15.8 Å². The summed E-state index contributed by atoms with van der Waals surface area (Å²) in [4.78, 5) is 28.4. The van der Waals surface area contributed by atoms with Crippen LogP contribution in [-0.2, 0) is 11.3 Å². The molecule has 122 valence electrons. The van der Waals surface area contributed by atoms with Gasteiger partial charge in [0.2, 0.25) is 0 Å². The quantitative estimate of drug-likeness (QED) is 0.644. The molecule has 0 radical (unpaired) electrons. The molecule has 0 unspecified atom stereocenters. The number of halogens is 2. The van der Waals surface area contributed by atoms with Gasteiger partial charge in [-0.25, -0.2) is 14.2 Å². The van der Waals surface area contributed by atoms with Gasteiger partial charge in [-0.05, 0) is 37.3 Å². The van der Waals surface area contributed by atoms with Crippen LogP contribution in [0.1, 0.15) is 21.7 Å². The molecule has 0 amide bonds. The molecule has 2 heterocycles. The fourth-order valence-electron chi connectivity index (χ4n) is 2.31. The summed E-state index contributed by atoms with van der Waals surface area (Å²) in [5, 5.41) is 0. The van der Waals surface area contributed by atoms with E-state index in [2.05, 4.69) is 20.9 Å². The molecule has 0 aliphatic heterocycles. The first-order valence-corrected chi connectivity index (χ1v) is 7.85. The number of nitrogens with zero attached hydrogens (tertiary/aromatic N) is 2. The first kappa shape index (κ1) is 16.3. The Morgan fingerprint density at radius 2 is 2.08 bits per heavy atom. The molecule has 0 atom stereocenters. The monoisotopic (exact) mass is 390 g/mol. The van der Waals surface area contributed by atoms with Crippen LogP contribution in [0.5, 0.6) is 0 Å². The van der Waals surface area contributed by atoms with Crippen molar-refractivity contribution in [1.82, 2.24) is 9.38 Å². The molecule has 0 saturated carbocycles. The Bertz CT molecular complexity index is 1000. The molecule has 1 aromatic carbocycles. The maximum absolute atomic E-state index is 13.7. The number of pyridine rings is 1. The lowest BCUT2D eigenvalue weighted by Gasteiger charge is -2.08. The average Bonchev–Trinajstić information content (AvgIpc) is 2.54. The Balaban J connectivity index is 1.84. The molecule has 0 fully saturated rings. The zero-order valence-electron chi connectivity index (χ0n) is 12.6. The van der Waals surface area contributed by atoms with E-state index in [-0.39, 0.29) is 17.7 Å². The van der Waals surface area contributed by atoms with Crippen LogP contribution in [-0.4, -0.2) is 15.4 Å². The highest BCUT2D eigenvalue weighted by molar-refractivity contribution is 9.10. The Hall–Kier alpha value is -2.54. The van der Waals surface area contributed by atoms with Crippen molar-refractivity contribution in [1.29, 1.82) is 0 Å². The second kappa shape index (κ2) is 6.52. The fourth-order valence-corrected chi connectivity index (χ4v) is 2.67. The number of hydrogen-bond donors (Lipinski definition) is 0. The number of fused-ring (bicyclic) bond motifs is 1. The fraction of sp³-hybridized carbons (Fsp3) is 0.118. The van der Waals surface area contributed by atoms with Crippen molar-refractivity contribution in [2.75, 3.05) is 0 Å². The summed E-state index contributed by atoms with van der Waals surface area (Å²) in [6, 6.07) is 10.6. The second-order valence-electron chi connectivity index (χ2n) is 5.15. The van der Waals surface area contributed by atoms with Gasteiger partial charge in [-0.2, -0.15) is 0 Å². The smallest absolute Gasteiger partial charge is 0.341 e. The third kappa shape index (κ3) is 3.21. The molecule has 2 aromatic heterocycles. The number of carbonyl (C=O) groups is 1. The number of benzene rings is 1. The number of carbonyl (C=O) groups excluding carboxylic acids is 1. The SMILES string of the molecule is Cc1cccc2nc(COC(=O)c3cc(Br)ccc3F)cc(=O)n12. The van der Waals surface area contributed by atoms with Gasteiger partial charge in [0, 0.05) is 16.2 Å². The topological polar surface area (TPSA) is 60.7 Å². The zero-order chi connectivity index (χ0) is 17.3. The third-order valence-corrected chi connectivity index (χ3v) is 3.93. The summed E-state index contributed by atoms with van der Waals surface area (Å²) in [5.74, 6) is -1.49. The predicted molar refractivity (Wildman–Crippen MR) is 89.4 cm³/mol. The normalized spacial score (nSPS) is 10.8. The van der Waals surface area contributed by atoms with Crippen molar-refractivity contribution in [3.05, 3.63) is 80.1 Å². The highest BCUT2D eigenvalue weighted by atomic mass is 79.9. The maximum Gasteiger partial charge on any atom is 0.341 e. The van der Waals surface area contributed by atoms with Gasteiger partial charge in [-0.3, -0.25) is 9.20 Å². The van der Waals surface area contributed by atoms with E-state index in [1.165, 1.54) is 28.7 Å². The second-order valence-corrected chi connectivity index (χ2v) is 6.06.